The van der Waals surface area contributed by atoms with Crippen molar-refractivity contribution >= 4 is 35.6 Å². The van der Waals surface area contributed by atoms with Crippen LogP contribution in [-0.4, -0.2) is 33.8 Å². The number of methoxy groups -OCH3 is 2. The zero-order chi connectivity index (χ0) is 18.8. The largest absolute Gasteiger partial charge is 0.493 e. The monoisotopic (exact) mass is 483 g/mol. The number of rotatable bonds is 8. The predicted octanol–water partition coefficient (Wildman–Crippen LogP) is 4.07. The first-order valence-electron chi connectivity index (χ1n) is 8.23. The van der Waals surface area contributed by atoms with Gasteiger partial charge in [0.15, 0.2) is 17.5 Å². The Morgan fingerprint density at radius 1 is 1.07 bits per heavy atom. The number of hydrogen-bond acceptors (Lipinski definition) is 4. The van der Waals surface area contributed by atoms with Crippen molar-refractivity contribution < 1.29 is 14.2 Å². The molecule has 6 nitrogen and oxygen atoms in total. The maximum atomic E-state index is 5.68. The topological polar surface area (TPSA) is 64.1 Å². The van der Waals surface area contributed by atoms with Crippen LogP contribution < -0.4 is 24.8 Å². The molecule has 0 aliphatic carbocycles. The van der Waals surface area contributed by atoms with Crippen LogP contribution in [0.15, 0.2) is 60.1 Å². The molecule has 2 aromatic carbocycles. The Balaban J connectivity index is 0.00000364. The van der Waals surface area contributed by atoms with E-state index in [-0.39, 0.29) is 24.0 Å². The normalized spacial score (nSPS) is 10.4. The number of aliphatic imine (C=N–C) groups is 1. The van der Waals surface area contributed by atoms with Gasteiger partial charge < -0.3 is 24.8 Å². The highest BCUT2D eigenvalue weighted by Crippen LogP contribution is 2.29. The summed E-state index contributed by atoms with van der Waals surface area (Å²) in [5.74, 6) is 2.78. The van der Waals surface area contributed by atoms with E-state index in [1.807, 2.05) is 42.5 Å². The Bertz CT molecular complexity index is 766. The van der Waals surface area contributed by atoms with Crippen molar-refractivity contribution in [2.24, 2.45) is 4.99 Å². The number of anilines is 1. The molecule has 2 aromatic rings. The summed E-state index contributed by atoms with van der Waals surface area (Å²) in [6.45, 7) is 4.71. The minimum absolute atomic E-state index is 0. The molecule has 2 N–H and O–H groups in total. The Morgan fingerprint density at radius 3 is 2.48 bits per heavy atom. The van der Waals surface area contributed by atoms with E-state index in [0.29, 0.717) is 30.6 Å². The molecule has 7 heteroatoms. The minimum Gasteiger partial charge on any atom is -0.493 e. The summed E-state index contributed by atoms with van der Waals surface area (Å²) in [5, 5.41) is 6.51. The molecule has 0 radical (unpaired) electrons. The molecule has 0 aliphatic rings. The van der Waals surface area contributed by atoms with Crippen molar-refractivity contribution in [3.63, 3.8) is 0 Å². The van der Waals surface area contributed by atoms with E-state index in [0.717, 1.165) is 17.0 Å². The van der Waals surface area contributed by atoms with Crippen LogP contribution in [0.5, 0.6) is 17.2 Å². The third-order valence-corrected chi connectivity index (χ3v) is 3.65. The second-order valence-corrected chi connectivity index (χ2v) is 5.33. The third-order valence-electron chi connectivity index (χ3n) is 3.65. The first kappa shape index (κ1) is 22.6. The lowest BCUT2D eigenvalue weighted by Gasteiger charge is -2.15. The molecule has 0 unspecified atom stereocenters. The average molecular weight is 483 g/mol. The molecule has 0 aliphatic heterocycles. The maximum Gasteiger partial charge on any atom is 0.195 e. The first-order valence-corrected chi connectivity index (χ1v) is 8.23. The smallest absolute Gasteiger partial charge is 0.195 e. The Hall–Kier alpha value is -2.42. The molecule has 0 amide bonds. The van der Waals surface area contributed by atoms with Crippen LogP contribution in [0.4, 0.5) is 5.69 Å². The van der Waals surface area contributed by atoms with Crippen LogP contribution in [0, 0.1) is 0 Å². The molecule has 0 atom stereocenters. The van der Waals surface area contributed by atoms with Gasteiger partial charge in [0.1, 0.15) is 12.4 Å². The Morgan fingerprint density at radius 2 is 1.81 bits per heavy atom. The van der Waals surface area contributed by atoms with Crippen LogP contribution in [0.1, 0.15) is 5.56 Å². The van der Waals surface area contributed by atoms with E-state index >= 15 is 0 Å². The van der Waals surface area contributed by atoms with E-state index in [1.54, 1.807) is 27.3 Å². The summed E-state index contributed by atoms with van der Waals surface area (Å²) in [6.07, 6.45) is 1.72. The lowest BCUT2D eigenvalue weighted by molar-refractivity contribution is 0.355. The second kappa shape index (κ2) is 12.1. The molecule has 146 valence electrons. The number of halogens is 1. The number of benzene rings is 2. The number of hydrogen-bond donors (Lipinski definition) is 2. The second-order valence-electron chi connectivity index (χ2n) is 5.33. The zero-order valence-corrected chi connectivity index (χ0v) is 18.2. The summed E-state index contributed by atoms with van der Waals surface area (Å²) in [6, 6.07) is 13.5. The highest BCUT2D eigenvalue weighted by atomic mass is 127. The number of para-hydroxylation sites is 1. The molecule has 0 aromatic heterocycles. The van der Waals surface area contributed by atoms with Crippen LogP contribution in [-0.2, 0) is 6.54 Å². The van der Waals surface area contributed by atoms with Gasteiger partial charge in [-0.25, -0.2) is 0 Å². The van der Waals surface area contributed by atoms with Crippen molar-refractivity contribution in [1.82, 2.24) is 5.32 Å². The van der Waals surface area contributed by atoms with Gasteiger partial charge in [0.25, 0.3) is 0 Å². The van der Waals surface area contributed by atoms with Crippen molar-refractivity contribution in [1.29, 1.82) is 0 Å². The number of nitrogens with zero attached hydrogens (tertiary/aromatic N) is 1. The van der Waals surface area contributed by atoms with Gasteiger partial charge in [-0.2, -0.15) is 0 Å². The molecular formula is C20H26IN3O3. The van der Waals surface area contributed by atoms with E-state index < -0.39 is 0 Å². The molecule has 0 heterocycles. The SMILES string of the molecule is C=CCOc1ccccc1CNC(=NC)Nc1ccc(OC)c(OC)c1.I. The first-order chi connectivity index (χ1) is 12.7. The molecule has 0 saturated heterocycles. The van der Waals surface area contributed by atoms with Gasteiger partial charge in [0, 0.05) is 30.9 Å². The van der Waals surface area contributed by atoms with Crippen molar-refractivity contribution in [2.45, 2.75) is 6.54 Å². The lowest BCUT2D eigenvalue weighted by atomic mass is 10.2. The van der Waals surface area contributed by atoms with Crippen LogP contribution in [0.25, 0.3) is 0 Å². The zero-order valence-electron chi connectivity index (χ0n) is 15.8. The van der Waals surface area contributed by atoms with Crippen LogP contribution in [0.2, 0.25) is 0 Å². The summed E-state index contributed by atoms with van der Waals surface area (Å²) >= 11 is 0. The molecule has 0 spiro atoms. The van der Waals surface area contributed by atoms with E-state index in [2.05, 4.69) is 22.2 Å². The lowest BCUT2D eigenvalue weighted by Crippen LogP contribution is -2.30. The number of guanidine groups is 1. The molecular weight excluding hydrogens is 457 g/mol. The van der Waals surface area contributed by atoms with Gasteiger partial charge in [0.05, 0.1) is 14.2 Å². The summed E-state index contributed by atoms with van der Waals surface area (Å²) in [7, 11) is 4.93. The summed E-state index contributed by atoms with van der Waals surface area (Å²) in [5.41, 5.74) is 1.87. The van der Waals surface area contributed by atoms with Gasteiger partial charge in [-0.3, -0.25) is 4.99 Å². The van der Waals surface area contributed by atoms with E-state index in [9.17, 15) is 0 Å². The Kier molecular flexibility index (Phi) is 10.1. The number of ether oxygens (including phenoxy) is 3. The number of nitrogens with one attached hydrogen (secondary N) is 2. The van der Waals surface area contributed by atoms with Crippen molar-refractivity contribution in [3.8, 4) is 17.2 Å². The fraction of sp³-hybridized carbons (Fsp3) is 0.250. The fourth-order valence-electron chi connectivity index (χ4n) is 2.35. The molecule has 0 bridgehead atoms. The third kappa shape index (κ3) is 6.67. The standard InChI is InChI=1S/C20H25N3O3.HI/c1-5-12-26-17-9-7-6-8-15(17)14-22-20(21-2)23-16-10-11-18(24-3)19(13-16)25-4;/h5-11,13H,1,12,14H2,2-4H3,(H2,21,22,23);1H. The molecule has 2 rings (SSSR count). The van der Waals surface area contributed by atoms with E-state index in [1.165, 1.54) is 0 Å². The summed E-state index contributed by atoms with van der Waals surface area (Å²) < 4.78 is 16.3. The maximum absolute atomic E-state index is 5.68. The minimum atomic E-state index is 0. The van der Waals surface area contributed by atoms with Gasteiger partial charge in [-0.1, -0.05) is 30.9 Å². The van der Waals surface area contributed by atoms with E-state index in [4.69, 9.17) is 14.2 Å². The van der Waals surface area contributed by atoms with Gasteiger partial charge in [-0.15, -0.1) is 24.0 Å². The predicted molar refractivity (Wildman–Crippen MR) is 121 cm³/mol. The van der Waals surface area contributed by atoms with Crippen LogP contribution >= 0.6 is 24.0 Å². The van der Waals surface area contributed by atoms with Gasteiger partial charge in [0.2, 0.25) is 0 Å². The van der Waals surface area contributed by atoms with Gasteiger partial charge in [-0.05, 0) is 18.2 Å². The highest BCUT2D eigenvalue weighted by Gasteiger charge is 2.07. The Labute approximate surface area is 177 Å². The highest BCUT2D eigenvalue weighted by molar-refractivity contribution is 14.0. The average Bonchev–Trinajstić information content (AvgIpc) is 2.69. The molecule has 0 fully saturated rings. The molecule has 27 heavy (non-hydrogen) atoms. The quantitative estimate of drug-likeness (QED) is 0.257. The summed E-state index contributed by atoms with van der Waals surface area (Å²) in [4.78, 5) is 4.25. The van der Waals surface area contributed by atoms with Gasteiger partial charge >= 0.3 is 0 Å². The van der Waals surface area contributed by atoms with Crippen molar-refractivity contribution in [3.05, 3.63) is 60.7 Å². The van der Waals surface area contributed by atoms with Crippen LogP contribution in [0.3, 0.4) is 0 Å². The van der Waals surface area contributed by atoms with Crippen molar-refractivity contribution in [2.75, 3.05) is 33.2 Å². The fourth-order valence-corrected chi connectivity index (χ4v) is 2.35. The molecule has 0 saturated carbocycles.